The quantitative estimate of drug-likeness (QED) is 0.799. The van der Waals surface area contributed by atoms with E-state index in [4.69, 9.17) is 4.74 Å². The summed E-state index contributed by atoms with van der Waals surface area (Å²) in [4.78, 5) is 29.2. The molecule has 5 heterocycles. The maximum absolute atomic E-state index is 13.2. The number of piperidine rings is 1. The first-order chi connectivity index (χ1) is 13.0. The number of nitrogens with one attached hydrogen (secondary N) is 1. The van der Waals surface area contributed by atoms with Crippen LogP contribution in [0.5, 0.6) is 0 Å². The van der Waals surface area contributed by atoms with Crippen LogP contribution in [-0.2, 0) is 14.3 Å². The van der Waals surface area contributed by atoms with Crippen LogP contribution in [0.15, 0.2) is 0 Å². The molecule has 5 rings (SSSR count). The summed E-state index contributed by atoms with van der Waals surface area (Å²) in [7, 11) is 0. The molecule has 2 bridgehead atoms. The predicted molar refractivity (Wildman–Crippen MR) is 99.5 cm³/mol. The summed E-state index contributed by atoms with van der Waals surface area (Å²) in [6.07, 6.45) is 4.63. The fraction of sp³-hybridized carbons (Fsp3) is 0.778. The molecule has 1 spiro atoms. The van der Waals surface area contributed by atoms with Crippen LogP contribution in [0.4, 0.5) is 5.13 Å². The fourth-order valence-electron chi connectivity index (χ4n) is 5.20. The average Bonchev–Trinajstić information content (AvgIpc) is 3.33. The van der Waals surface area contributed by atoms with E-state index in [-0.39, 0.29) is 29.8 Å². The second-order valence-corrected chi connectivity index (χ2v) is 9.51. The maximum Gasteiger partial charge on any atom is 0.229 e. The fourth-order valence-corrected chi connectivity index (χ4v) is 5.91. The number of fused-ring (bicyclic) bond motifs is 2. The summed E-state index contributed by atoms with van der Waals surface area (Å²) in [5, 5.41) is 13.1. The van der Waals surface area contributed by atoms with Crippen molar-refractivity contribution < 1.29 is 14.3 Å². The van der Waals surface area contributed by atoms with Gasteiger partial charge in [-0.1, -0.05) is 11.3 Å². The number of nitrogens with zero attached hydrogens (tertiary/aromatic N) is 4. The lowest BCUT2D eigenvalue weighted by atomic mass is 9.85. The summed E-state index contributed by atoms with van der Waals surface area (Å²) < 4.78 is 6.22. The number of morpholine rings is 1. The molecule has 4 fully saturated rings. The van der Waals surface area contributed by atoms with E-state index in [0.717, 1.165) is 17.8 Å². The SMILES string of the molecule is Cc1nnc(N2CC(C(=O)N3CCOC4(C[C@H]5CC[C@@H](C4)N5)C3)CC2=O)s1. The number of hydrogen-bond acceptors (Lipinski definition) is 7. The first-order valence-corrected chi connectivity index (χ1v) is 10.6. The Morgan fingerprint density at radius 3 is 2.78 bits per heavy atom. The molecule has 4 saturated heterocycles. The van der Waals surface area contributed by atoms with E-state index in [1.54, 1.807) is 4.90 Å². The Morgan fingerprint density at radius 1 is 1.30 bits per heavy atom. The van der Waals surface area contributed by atoms with Gasteiger partial charge < -0.3 is 15.0 Å². The third kappa shape index (κ3) is 3.15. The lowest BCUT2D eigenvalue weighted by Gasteiger charge is -2.47. The van der Waals surface area contributed by atoms with Gasteiger partial charge in [0.15, 0.2) is 0 Å². The van der Waals surface area contributed by atoms with Crippen molar-refractivity contribution in [3.8, 4) is 0 Å². The first-order valence-electron chi connectivity index (χ1n) is 9.81. The van der Waals surface area contributed by atoms with E-state index in [2.05, 4.69) is 15.5 Å². The number of aryl methyl sites for hydroxylation is 1. The van der Waals surface area contributed by atoms with Crippen LogP contribution in [0, 0.1) is 12.8 Å². The van der Waals surface area contributed by atoms with Gasteiger partial charge in [-0.2, -0.15) is 0 Å². The number of carbonyl (C=O) groups excluding carboxylic acids is 2. The highest BCUT2D eigenvalue weighted by atomic mass is 32.1. The molecule has 0 saturated carbocycles. The van der Waals surface area contributed by atoms with Gasteiger partial charge in [0.1, 0.15) is 5.01 Å². The van der Waals surface area contributed by atoms with Gasteiger partial charge in [-0.05, 0) is 32.6 Å². The van der Waals surface area contributed by atoms with Crippen molar-refractivity contribution in [2.24, 2.45) is 5.92 Å². The largest absolute Gasteiger partial charge is 0.371 e. The summed E-state index contributed by atoms with van der Waals surface area (Å²) in [6, 6.07) is 1.03. The van der Waals surface area contributed by atoms with Crippen molar-refractivity contribution in [1.82, 2.24) is 20.4 Å². The lowest BCUT2D eigenvalue weighted by Crippen LogP contribution is -2.60. The molecule has 1 aromatic heterocycles. The monoisotopic (exact) mass is 391 g/mol. The number of anilines is 1. The van der Waals surface area contributed by atoms with E-state index < -0.39 is 0 Å². The van der Waals surface area contributed by atoms with Crippen molar-refractivity contribution in [2.45, 2.75) is 56.7 Å². The van der Waals surface area contributed by atoms with Crippen LogP contribution in [0.2, 0.25) is 0 Å². The van der Waals surface area contributed by atoms with Crippen molar-refractivity contribution in [3.63, 3.8) is 0 Å². The lowest BCUT2D eigenvalue weighted by molar-refractivity contribution is -0.161. The number of ether oxygens (including phenoxy) is 1. The van der Waals surface area contributed by atoms with Crippen LogP contribution in [0.3, 0.4) is 0 Å². The molecule has 4 atom stereocenters. The Hall–Kier alpha value is -1.58. The first kappa shape index (κ1) is 17.5. The van der Waals surface area contributed by atoms with E-state index >= 15 is 0 Å². The van der Waals surface area contributed by atoms with Gasteiger partial charge in [-0.25, -0.2) is 0 Å². The molecule has 0 radical (unpaired) electrons. The Bertz CT molecular complexity index is 756. The summed E-state index contributed by atoms with van der Waals surface area (Å²) in [5.74, 6) is -0.247. The number of aromatic nitrogens is 2. The molecule has 4 aliphatic rings. The number of hydrogen-bond donors (Lipinski definition) is 1. The zero-order chi connectivity index (χ0) is 18.6. The summed E-state index contributed by atoms with van der Waals surface area (Å²) >= 11 is 1.39. The zero-order valence-electron chi connectivity index (χ0n) is 15.5. The summed E-state index contributed by atoms with van der Waals surface area (Å²) in [6.45, 7) is 4.13. The minimum absolute atomic E-state index is 0.0348. The number of carbonyl (C=O) groups is 2. The molecule has 4 aliphatic heterocycles. The molecule has 27 heavy (non-hydrogen) atoms. The third-order valence-electron chi connectivity index (χ3n) is 6.35. The minimum atomic E-state index is -0.296. The van der Waals surface area contributed by atoms with Gasteiger partial charge in [0.25, 0.3) is 0 Å². The standard InChI is InChI=1S/C18H25N5O3S/c1-11-20-21-17(27-11)23-9-12(6-15(23)24)16(25)22-4-5-26-18(10-22)7-13-2-3-14(8-18)19-13/h12-14,19H,2-10H2,1H3/t12?,13-,14+,18?. The molecular weight excluding hydrogens is 366 g/mol. The molecule has 0 aromatic carbocycles. The molecule has 2 amide bonds. The predicted octanol–water partition coefficient (Wildman–Crippen LogP) is 0.711. The van der Waals surface area contributed by atoms with Gasteiger partial charge in [0.05, 0.1) is 18.1 Å². The third-order valence-corrected chi connectivity index (χ3v) is 7.21. The molecule has 8 nitrogen and oxygen atoms in total. The van der Waals surface area contributed by atoms with E-state index in [9.17, 15) is 9.59 Å². The number of amides is 2. The average molecular weight is 391 g/mol. The van der Waals surface area contributed by atoms with Crippen LogP contribution < -0.4 is 10.2 Å². The van der Waals surface area contributed by atoms with Crippen molar-refractivity contribution in [2.75, 3.05) is 31.1 Å². The van der Waals surface area contributed by atoms with Crippen molar-refractivity contribution >= 4 is 28.3 Å². The number of rotatable bonds is 2. The molecule has 0 aliphatic carbocycles. The van der Waals surface area contributed by atoms with Gasteiger partial charge >= 0.3 is 0 Å². The highest BCUT2D eigenvalue weighted by Crippen LogP contribution is 2.39. The van der Waals surface area contributed by atoms with Gasteiger partial charge in [-0.15, -0.1) is 10.2 Å². The van der Waals surface area contributed by atoms with Crippen molar-refractivity contribution in [3.05, 3.63) is 5.01 Å². The highest BCUT2D eigenvalue weighted by molar-refractivity contribution is 7.15. The molecule has 2 unspecified atom stereocenters. The Balaban J connectivity index is 1.27. The molecule has 1 aromatic rings. The van der Waals surface area contributed by atoms with Crippen LogP contribution >= 0.6 is 11.3 Å². The molecule has 1 N–H and O–H groups in total. The van der Waals surface area contributed by atoms with Gasteiger partial charge in [0, 0.05) is 38.1 Å². The Kier molecular flexibility index (Phi) is 4.21. The summed E-state index contributed by atoms with van der Waals surface area (Å²) in [5.41, 5.74) is -0.205. The molecule has 9 heteroatoms. The zero-order valence-corrected chi connectivity index (χ0v) is 16.3. The highest BCUT2D eigenvalue weighted by Gasteiger charge is 2.49. The Morgan fingerprint density at radius 2 is 2.07 bits per heavy atom. The van der Waals surface area contributed by atoms with E-state index in [1.807, 2.05) is 11.8 Å². The van der Waals surface area contributed by atoms with Crippen LogP contribution in [-0.4, -0.2) is 70.8 Å². The van der Waals surface area contributed by atoms with Crippen LogP contribution in [0.25, 0.3) is 0 Å². The molecular formula is C18H25N5O3S. The van der Waals surface area contributed by atoms with Crippen molar-refractivity contribution in [1.29, 1.82) is 0 Å². The normalized spacial score (nSPS) is 36.0. The smallest absolute Gasteiger partial charge is 0.229 e. The van der Waals surface area contributed by atoms with E-state index in [0.29, 0.717) is 43.5 Å². The van der Waals surface area contributed by atoms with Crippen LogP contribution in [0.1, 0.15) is 37.1 Å². The minimum Gasteiger partial charge on any atom is -0.371 e. The molecule has 146 valence electrons. The second kappa shape index (κ2) is 6.49. The second-order valence-electron chi connectivity index (χ2n) is 8.35. The Labute approximate surface area is 162 Å². The van der Waals surface area contributed by atoms with Gasteiger partial charge in [0.2, 0.25) is 16.9 Å². The van der Waals surface area contributed by atoms with Gasteiger partial charge in [-0.3, -0.25) is 14.5 Å². The topological polar surface area (TPSA) is 87.7 Å². The van der Waals surface area contributed by atoms with E-state index in [1.165, 1.54) is 24.2 Å². The maximum atomic E-state index is 13.2.